The monoisotopic (exact) mass is 302 g/mol. The van der Waals surface area contributed by atoms with Crippen LogP contribution >= 0.6 is 0 Å². The fourth-order valence-electron chi connectivity index (χ4n) is 2.19. The van der Waals surface area contributed by atoms with Crippen LogP contribution in [0.3, 0.4) is 0 Å². The first kappa shape index (κ1) is 14.9. The number of rotatable bonds is 4. The van der Waals surface area contributed by atoms with Crippen LogP contribution in [0.5, 0.6) is 0 Å². The molecule has 0 bridgehead atoms. The molecule has 1 aliphatic rings. The maximum atomic E-state index is 13.6. The van der Waals surface area contributed by atoms with Gasteiger partial charge in [0.25, 0.3) is 0 Å². The molecule has 1 N–H and O–H groups in total. The van der Waals surface area contributed by atoms with E-state index in [2.05, 4.69) is 0 Å². The van der Waals surface area contributed by atoms with Gasteiger partial charge in [0.15, 0.2) is 9.84 Å². The highest BCUT2D eigenvalue weighted by Crippen LogP contribution is 2.22. The Morgan fingerprint density at radius 3 is 2.60 bits per heavy atom. The van der Waals surface area contributed by atoms with Gasteiger partial charge in [0, 0.05) is 18.8 Å². The number of aromatic carboxylic acids is 1. The van der Waals surface area contributed by atoms with Crippen molar-refractivity contribution in [2.45, 2.75) is 23.8 Å². The van der Waals surface area contributed by atoms with Crippen LogP contribution in [0.15, 0.2) is 18.2 Å². The van der Waals surface area contributed by atoms with Gasteiger partial charge < -0.3 is 9.84 Å². The lowest BCUT2D eigenvalue weighted by Crippen LogP contribution is -2.30. The third-order valence-electron chi connectivity index (χ3n) is 3.33. The van der Waals surface area contributed by atoms with E-state index in [1.54, 1.807) is 0 Å². The Morgan fingerprint density at radius 2 is 2.00 bits per heavy atom. The number of ether oxygens (including phenoxy) is 1. The van der Waals surface area contributed by atoms with Crippen molar-refractivity contribution in [3.8, 4) is 0 Å². The molecule has 0 atom stereocenters. The molecule has 0 spiro atoms. The Hall–Kier alpha value is -1.47. The van der Waals surface area contributed by atoms with Gasteiger partial charge >= 0.3 is 5.97 Å². The van der Waals surface area contributed by atoms with Crippen molar-refractivity contribution in [3.63, 3.8) is 0 Å². The summed E-state index contributed by atoms with van der Waals surface area (Å²) >= 11 is 0. The average molecular weight is 302 g/mol. The third kappa shape index (κ3) is 3.34. The predicted octanol–water partition coefficient (Wildman–Crippen LogP) is 1.62. The van der Waals surface area contributed by atoms with E-state index in [0.29, 0.717) is 26.1 Å². The molecule has 1 aromatic carbocycles. The molecular weight excluding hydrogens is 287 g/mol. The van der Waals surface area contributed by atoms with Gasteiger partial charge in [0.2, 0.25) is 0 Å². The van der Waals surface area contributed by atoms with E-state index in [1.807, 2.05) is 0 Å². The lowest BCUT2D eigenvalue weighted by atomic mass is 10.1. The van der Waals surface area contributed by atoms with Crippen LogP contribution in [0.4, 0.5) is 4.39 Å². The minimum atomic E-state index is -3.51. The van der Waals surface area contributed by atoms with Gasteiger partial charge in [-0.2, -0.15) is 0 Å². The topological polar surface area (TPSA) is 80.7 Å². The van der Waals surface area contributed by atoms with Gasteiger partial charge in [0.1, 0.15) is 5.82 Å². The molecule has 1 fully saturated rings. The molecule has 0 radical (unpaired) electrons. The molecule has 2 rings (SSSR count). The van der Waals surface area contributed by atoms with Crippen molar-refractivity contribution in [1.82, 2.24) is 0 Å². The van der Waals surface area contributed by atoms with Crippen molar-refractivity contribution in [2.75, 3.05) is 13.2 Å². The average Bonchev–Trinajstić information content (AvgIpc) is 2.42. The fourth-order valence-corrected chi connectivity index (χ4v) is 3.99. The molecule has 1 aromatic rings. The van der Waals surface area contributed by atoms with E-state index in [0.717, 1.165) is 18.2 Å². The fraction of sp³-hybridized carbons (Fsp3) is 0.462. The van der Waals surface area contributed by atoms with Gasteiger partial charge in [-0.1, -0.05) is 0 Å². The highest BCUT2D eigenvalue weighted by atomic mass is 32.2. The highest BCUT2D eigenvalue weighted by Gasteiger charge is 2.28. The summed E-state index contributed by atoms with van der Waals surface area (Å²) in [6.45, 7) is 0.753. The number of hydrogen-bond donors (Lipinski definition) is 1. The van der Waals surface area contributed by atoms with Crippen LogP contribution < -0.4 is 0 Å². The van der Waals surface area contributed by atoms with E-state index < -0.39 is 32.6 Å². The zero-order chi connectivity index (χ0) is 14.8. The van der Waals surface area contributed by atoms with Crippen molar-refractivity contribution in [3.05, 3.63) is 35.1 Å². The van der Waals surface area contributed by atoms with Crippen LogP contribution in [0, 0.1) is 5.82 Å². The van der Waals surface area contributed by atoms with Gasteiger partial charge in [-0.15, -0.1) is 0 Å². The lowest BCUT2D eigenvalue weighted by Gasteiger charge is -2.22. The van der Waals surface area contributed by atoms with Crippen molar-refractivity contribution >= 4 is 15.8 Å². The number of benzene rings is 1. The van der Waals surface area contributed by atoms with Gasteiger partial charge in [0.05, 0.1) is 16.6 Å². The summed E-state index contributed by atoms with van der Waals surface area (Å²) in [5.41, 5.74) is -0.222. The number of carboxylic acids is 1. The smallest absolute Gasteiger partial charge is 0.335 e. The predicted molar refractivity (Wildman–Crippen MR) is 69.8 cm³/mol. The van der Waals surface area contributed by atoms with E-state index in [-0.39, 0.29) is 11.1 Å². The summed E-state index contributed by atoms with van der Waals surface area (Å²) in [6.07, 6.45) is 0.783. The summed E-state index contributed by atoms with van der Waals surface area (Å²) in [5.74, 6) is -2.40. The van der Waals surface area contributed by atoms with Crippen molar-refractivity contribution in [1.29, 1.82) is 0 Å². The first-order valence-corrected chi connectivity index (χ1v) is 7.93. The number of hydrogen-bond acceptors (Lipinski definition) is 4. The highest BCUT2D eigenvalue weighted by molar-refractivity contribution is 7.91. The van der Waals surface area contributed by atoms with Gasteiger partial charge in [-0.25, -0.2) is 17.6 Å². The minimum absolute atomic E-state index is 0.101. The maximum absolute atomic E-state index is 13.6. The Bertz CT molecular complexity index is 605. The summed E-state index contributed by atoms with van der Waals surface area (Å²) < 4.78 is 43.2. The number of halogens is 1. The molecule has 1 heterocycles. The molecule has 0 aliphatic carbocycles. The van der Waals surface area contributed by atoms with Crippen LogP contribution in [-0.2, 0) is 20.3 Å². The standard InChI is InChI=1S/C13H15FO5S/c14-12-2-1-9(13(15)16)7-10(12)8-20(17,18)11-3-5-19-6-4-11/h1-2,7,11H,3-6,8H2,(H,15,16). The summed E-state index contributed by atoms with van der Waals surface area (Å²) in [7, 11) is -3.51. The molecule has 0 unspecified atom stereocenters. The number of sulfone groups is 1. The second kappa shape index (κ2) is 5.88. The Kier molecular flexibility index (Phi) is 4.39. The maximum Gasteiger partial charge on any atom is 0.335 e. The Morgan fingerprint density at radius 1 is 1.35 bits per heavy atom. The summed E-state index contributed by atoms with van der Waals surface area (Å²) in [4.78, 5) is 10.8. The minimum Gasteiger partial charge on any atom is -0.478 e. The number of carbonyl (C=O) groups is 1. The molecule has 1 aliphatic heterocycles. The molecule has 5 nitrogen and oxygen atoms in total. The first-order valence-electron chi connectivity index (χ1n) is 6.21. The van der Waals surface area contributed by atoms with Crippen molar-refractivity contribution in [2.24, 2.45) is 0 Å². The van der Waals surface area contributed by atoms with E-state index in [1.165, 1.54) is 0 Å². The number of carboxylic acid groups (broad SMARTS) is 1. The third-order valence-corrected chi connectivity index (χ3v) is 5.53. The summed E-state index contributed by atoms with van der Waals surface area (Å²) in [5, 5.41) is 8.31. The van der Waals surface area contributed by atoms with E-state index in [9.17, 15) is 17.6 Å². The zero-order valence-corrected chi connectivity index (χ0v) is 11.5. The molecule has 7 heteroatoms. The molecule has 110 valence electrons. The molecule has 20 heavy (non-hydrogen) atoms. The first-order chi connectivity index (χ1) is 9.40. The Labute approximate surface area is 116 Å². The Balaban J connectivity index is 2.24. The van der Waals surface area contributed by atoms with Crippen LogP contribution in [-0.4, -0.2) is 38.0 Å². The second-order valence-electron chi connectivity index (χ2n) is 4.73. The molecule has 1 saturated heterocycles. The summed E-state index contributed by atoms with van der Waals surface area (Å²) in [6, 6.07) is 3.18. The van der Waals surface area contributed by atoms with Crippen LogP contribution in [0.25, 0.3) is 0 Å². The largest absolute Gasteiger partial charge is 0.478 e. The van der Waals surface area contributed by atoms with Crippen LogP contribution in [0.2, 0.25) is 0 Å². The van der Waals surface area contributed by atoms with E-state index in [4.69, 9.17) is 9.84 Å². The SMILES string of the molecule is O=C(O)c1ccc(F)c(CS(=O)(=O)C2CCOCC2)c1. The van der Waals surface area contributed by atoms with Gasteiger partial charge in [-0.3, -0.25) is 0 Å². The molecular formula is C13H15FO5S. The lowest BCUT2D eigenvalue weighted by molar-refractivity contribution is 0.0696. The zero-order valence-electron chi connectivity index (χ0n) is 10.7. The normalized spacial score (nSPS) is 17.1. The molecule has 0 saturated carbocycles. The molecule has 0 amide bonds. The van der Waals surface area contributed by atoms with Gasteiger partial charge in [-0.05, 0) is 31.0 Å². The molecule has 0 aromatic heterocycles. The van der Waals surface area contributed by atoms with Crippen LogP contribution in [0.1, 0.15) is 28.8 Å². The quantitative estimate of drug-likeness (QED) is 0.914. The second-order valence-corrected chi connectivity index (χ2v) is 7.01. The van der Waals surface area contributed by atoms with Crippen molar-refractivity contribution < 1.29 is 27.4 Å². The van der Waals surface area contributed by atoms with E-state index >= 15 is 0 Å².